The van der Waals surface area contributed by atoms with Crippen LogP contribution in [0.4, 0.5) is 9.59 Å². The smallest absolute Gasteiger partial charge is 0.410 e. The van der Waals surface area contributed by atoms with E-state index in [-0.39, 0.29) is 24.8 Å². The summed E-state index contributed by atoms with van der Waals surface area (Å²) in [5, 5.41) is 0. The fourth-order valence-corrected chi connectivity index (χ4v) is 3.17. The van der Waals surface area contributed by atoms with Crippen molar-refractivity contribution in [1.29, 1.82) is 0 Å². The summed E-state index contributed by atoms with van der Waals surface area (Å²) in [6.45, 7) is 9.63. The summed E-state index contributed by atoms with van der Waals surface area (Å²) < 4.78 is 11.0. The fraction of sp³-hybridized carbons (Fsp3) is 0.619. The Labute approximate surface area is 162 Å². The topological polar surface area (TPSA) is 59.1 Å². The number of piperidine rings is 1. The normalized spacial score (nSPS) is 17.3. The Kier molecular flexibility index (Phi) is 7.51. The minimum atomic E-state index is -0.536. The first-order valence-electron chi connectivity index (χ1n) is 9.75. The summed E-state index contributed by atoms with van der Waals surface area (Å²) >= 11 is 0. The van der Waals surface area contributed by atoms with Crippen molar-refractivity contribution in [3.63, 3.8) is 0 Å². The Morgan fingerprint density at radius 1 is 1.22 bits per heavy atom. The number of carbonyl (C=O) groups is 2. The van der Waals surface area contributed by atoms with Gasteiger partial charge in [0.05, 0.1) is 6.04 Å². The first-order chi connectivity index (χ1) is 12.8. The lowest BCUT2D eigenvalue weighted by Gasteiger charge is -2.39. The molecule has 1 atom stereocenters. The van der Waals surface area contributed by atoms with E-state index >= 15 is 0 Å². The van der Waals surface area contributed by atoms with Crippen molar-refractivity contribution >= 4 is 12.2 Å². The second kappa shape index (κ2) is 9.62. The molecule has 0 aliphatic carbocycles. The molecule has 0 N–H and O–H groups in total. The molecule has 6 nitrogen and oxygen atoms in total. The third-order valence-electron chi connectivity index (χ3n) is 4.39. The summed E-state index contributed by atoms with van der Waals surface area (Å²) in [4.78, 5) is 28.5. The van der Waals surface area contributed by atoms with Crippen LogP contribution in [0.25, 0.3) is 0 Å². The number of hydrogen-bond acceptors (Lipinski definition) is 4. The van der Waals surface area contributed by atoms with Crippen LogP contribution >= 0.6 is 0 Å². The number of ether oxygens (including phenoxy) is 2. The predicted molar refractivity (Wildman–Crippen MR) is 104 cm³/mol. The number of hydrogen-bond donors (Lipinski definition) is 0. The van der Waals surface area contributed by atoms with Crippen molar-refractivity contribution in [3.05, 3.63) is 35.9 Å². The highest BCUT2D eigenvalue weighted by Crippen LogP contribution is 2.20. The van der Waals surface area contributed by atoms with Gasteiger partial charge < -0.3 is 19.3 Å². The van der Waals surface area contributed by atoms with Gasteiger partial charge in [-0.15, -0.1) is 0 Å². The van der Waals surface area contributed by atoms with E-state index in [1.807, 2.05) is 58.0 Å². The lowest BCUT2D eigenvalue weighted by Crippen LogP contribution is -2.53. The van der Waals surface area contributed by atoms with Crippen LogP contribution in [0.3, 0.4) is 0 Å². The SMILES string of the molecule is CCCN(C(=O)OC(C)(C)C)[C@H]1CCCN(C(=O)OCc2ccccc2)C1. The molecule has 2 amide bonds. The molecular weight excluding hydrogens is 344 g/mol. The average Bonchev–Trinajstić information content (AvgIpc) is 2.63. The summed E-state index contributed by atoms with van der Waals surface area (Å²) in [6.07, 6.45) is 1.90. The van der Waals surface area contributed by atoms with E-state index in [0.717, 1.165) is 24.8 Å². The zero-order chi connectivity index (χ0) is 19.9. The third kappa shape index (κ3) is 6.77. The minimum absolute atomic E-state index is 0.0437. The van der Waals surface area contributed by atoms with Gasteiger partial charge in [0.1, 0.15) is 12.2 Å². The molecule has 1 fully saturated rings. The maximum absolute atomic E-state index is 12.6. The lowest BCUT2D eigenvalue weighted by molar-refractivity contribution is 0.00483. The van der Waals surface area contributed by atoms with Crippen molar-refractivity contribution in [2.75, 3.05) is 19.6 Å². The van der Waals surface area contributed by atoms with E-state index < -0.39 is 5.60 Å². The van der Waals surface area contributed by atoms with Gasteiger partial charge in [-0.2, -0.15) is 0 Å². The molecule has 1 saturated heterocycles. The first kappa shape index (κ1) is 21.1. The third-order valence-corrected chi connectivity index (χ3v) is 4.39. The van der Waals surface area contributed by atoms with Crippen LogP contribution in [0.5, 0.6) is 0 Å². The maximum atomic E-state index is 12.6. The number of amides is 2. The van der Waals surface area contributed by atoms with Gasteiger partial charge in [0.15, 0.2) is 0 Å². The summed E-state index contributed by atoms with van der Waals surface area (Å²) in [6, 6.07) is 9.58. The van der Waals surface area contributed by atoms with E-state index in [4.69, 9.17) is 9.47 Å². The Morgan fingerprint density at radius 2 is 1.93 bits per heavy atom. The Morgan fingerprint density at radius 3 is 2.56 bits per heavy atom. The minimum Gasteiger partial charge on any atom is -0.445 e. The Bertz CT molecular complexity index is 612. The predicted octanol–water partition coefficient (Wildman–Crippen LogP) is 4.43. The molecule has 27 heavy (non-hydrogen) atoms. The highest BCUT2D eigenvalue weighted by Gasteiger charge is 2.33. The second-order valence-electron chi connectivity index (χ2n) is 7.96. The van der Waals surface area contributed by atoms with Gasteiger partial charge in [-0.3, -0.25) is 0 Å². The molecule has 1 aliphatic heterocycles. The molecule has 0 radical (unpaired) electrons. The highest BCUT2D eigenvalue weighted by atomic mass is 16.6. The van der Waals surface area contributed by atoms with E-state index in [9.17, 15) is 9.59 Å². The second-order valence-corrected chi connectivity index (χ2v) is 7.96. The van der Waals surface area contributed by atoms with Crippen molar-refractivity contribution in [3.8, 4) is 0 Å². The molecule has 1 aliphatic rings. The summed E-state index contributed by atoms with van der Waals surface area (Å²) in [7, 11) is 0. The van der Waals surface area contributed by atoms with Crippen molar-refractivity contribution in [2.24, 2.45) is 0 Å². The van der Waals surface area contributed by atoms with Gasteiger partial charge in [-0.05, 0) is 45.6 Å². The van der Waals surface area contributed by atoms with E-state index in [1.165, 1.54) is 0 Å². The number of rotatable bonds is 5. The van der Waals surface area contributed by atoms with E-state index in [1.54, 1.807) is 9.80 Å². The van der Waals surface area contributed by atoms with Gasteiger partial charge >= 0.3 is 12.2 Å². The molecule has 1 aromatic rings. The zero-order valence-electron chi connectivity index (χ0n) is 16.9. The van der Waals surface area contributed by atoms with Gasteiger partial charge in [-0.1, -0.05) is 37.3 Å². The Hall–Kier alpha value is -2.24. The molecule has 6 heteroatoms. The van der Waals surface area contributed by atoms with Gasteiger partial charge in [0, 0.05) is 19.6 Å². The molecule has 1 aromatic carbocycles. The zero-order valence-corrected chi connectivity index (χ0v) is 16.9. The van der Waals surface area contributed by atoms with Gasteiger partial charge in [0.25, 0.3) is 0 Å². The molecule has 0 aromatic heterocycles. The number of nitrogens with zero attached hydrogens (tertiary/aromatic N) is 2. The maximum Gasteiger partial charge on any atom is 0.410 e. The molecule has 2 rings (SSSR count). The molecular formula is C21H32N2O4. The number of carbonyl (C=O) groups excluding carboxylic acids is 2. The largest absolute Gasteiger partial charge is 0.445 e. The van der Waals surface area contributed by atoms with Crippen LogP contribution in [0.15, 0.2) is 30.3 Å². The monoisotopic (exact) mass is 376 g/mol. The molecule has 0 spiro atoms. The van der Waals surface area contributed by atoms with Gasteiger partial charge in [-0.25, -0.2) is 9.59 Å². The molecule has 0 unspecified atom stereocenters. The fourth-order valence-electron chi connectivity index (χ4n) is 3.17. The molecule has 1 heterocycles. The summed E-state index contributed by atoms with van der Waals surface area (Å²) in [5.74, 6) is 0. The molecule has 0 saturated carbocycles. The lowest BCUT2D eigenvalue weighted by atomic mass is 10.0. The molecule has 150 valence electrons. The number of benzene rings is 1. The van der Waals surface area contributed by atoms with Crippen molar-refractivity contribution in [1.82, 2.24) is 9.80 Å². The Balaban J connectivity index is 1.95. The quantitative estimate of drug-likeness (QED) is 0.762. The van der Waals surface area contributed by atoms with Crippen LogP contribution < -0.4 is 0 Å². The van der Waals surface area contributed by atoms with E-state index in [2.05, 4.69) is 0 Å². The highest BCUT2D eigenvalue weighted by molar-refractivity contribution is 5.70. The van der Waals surface area contributed by atoms with Crippen LogP contribution in [0, 0.1) is 0 Å². The number of likely N-dealkylation sites (tertiary alicyclic amines) is 1. The van der Waals surface area contributed by atoms with Crippen LogP contribution in [0.2, 0.25) is 0 Å². The van der Waals surface area contributed by atoms with Crippen molar-refractivity contribution < 1.29 is 19.1 Å². The average molecular weight is 376 g/mol. The van der Waals surface area contributed by atoms with Crippen LogP contribution in [-0.2, 0) is 16.1 Å². The van der Waals surface area contributed by atoms with Crippen molar-refractivity contribution in [2.45, 2.75) is 65.2 Å². The molecule has 0 bridgehead atoms. The van der Waals surface area contributed by atoms with E-state index in [0.29, 0.717) is 19.6 Å². The standard InChI is InChI=1S/C21H32N2O4/c1-5-13-23(20(25)27-21(2,3)4)18-12-9-14-22(15-18)19(24)26-16-17-10-7-6-8-11-17/h6-8,10-11,18H,5,9,12-16H2,1-4H3/t18-/m0/s1. The van der Waals surface area contributed by atoms with Crippen LogP contribution in [0.1, 0.15) is 52.5 Å². The first-order valence-corrected chi connectivity index (χ1v) is 9.75. The van der Waals surface area contributed by atoms with Crippen LogP contribution in [-0.4, -0.2) is 53.3 Å². The summed E-state index contributed by atoms with van der Waals surface area (Å²) in [5.41, 5.74) is 0.423. The van der Waals surface area contributed by atoms with Gasteiger partial charge in [0.2, 0.25) is 0 Å².